The minimum Gasteiger partial charge on any atom is -0.462 e. The molecule has 0 heterocycles. The molecule has 102 valence electrons. The highest BCUT2D eigenvalue weighted by molar-refractivity contribution is 5.81. The Morgan fingerprint density at radius 2 is 1.78 bits per heavy atom. The summed E-state index contributed by atoms with van der Waals surface area (Å²) in [6, 6.07) is 0. The zero-order chi connectivity index (χ0) is 14.2. The Bertz CT molecular complexity index is 318. The third-order valence-corrected chi connectivity index (χ3v) is 2.48. The zero-order valence-corrected chi connectivity index (χ0v) is 11.4. The molecule has 0 fully saturated rings. The fraction of sp³-hybridized carbons (Fsp3) is 0.571. The van der Waals surface area contributed by atoms with Crippen LogP contribution in [0, 0.1) is 5.41 Å². The van der Waals surface area contributed by atoms with Crippen LogP contribution in [0.2, 0.25) is 0 Å². The van der Waals surface area contributed by atoms with Gasteiger partial charge in [-0.15, -0.1) is 0 Å². The molecule has 4 heteroatoms. The van der Waals surface area contributed by atoms with E-state index in [1.165, 1.54) is 0 Å². The van der Waals surface area contributed by atoms with Crippen molar-refractivity contribution in [1.29, 1.82) is 0 Å². The van der Waals surface area contributed by atoms with Gasteiger partial charge in [0.1, 0.15) is 0 Å². The van der Waals surface area contributed by atoms with E-state index in [9.17, 15) is 9.59 Å². The predicted molar refractivity (Wildman–Crippen MR) is 69.9 cm³/mol. The first-order chi connectivity index (χ1) is 8.30. The topological polar surface area (TPSA) is 52.6 Å². The largest absolute Gasteiger partial charge is 0.462 e. The smallest absolute Gasteiger partial charge is 0.330 e. The molecule has 1 atom stereocenters. The number of rotatable bonds is 8. The van der Waals surface area contributed by atoms with Gasteiger partial charge in [-0.25, -0.2) is 9.59 Å². The number of hydrogen-bond acceptors (Lipinski definition) is 4. The predicted octanol–water partition coefficient (Wildman–Crippen LogP) is 2.64. The van der Waals surface area contributed by atoms with Crippen molar-refractivity contribution in [2.75, 3.05) is 6.61 Å². The molecule has 0 spiro atoms. The Labute approximate surface area is 109 Å². The van der Waals surface area contributed by atoms with Crippen molar-refractivity contribution in [2.45, 2.75) is 39.7 Å². The first-order valence-electron chi connectivity index (χ1n) is 5.93. The third kappa shape index (κ3) is 7.65. The number of carbonyl (C=O) groups excluding carboxylic acids is 2. The maximum Gasteiger partial charge on any atom is 0.330 e. The second kappa shape index (κ2) is 7.69. The summed E-state index contributed by atoms with van der Waals surface area (Å²) in [6.45, 7) is 12.8. The minimum absolute atomic E-state index is 0.159. The van der Waals surface area contributed by atoms with Crippen molar-refractivity contribution in [3.05, 3.63) is 25.3 Å². The van der Waals surface area contributed by atoms with E-state index in [0.29, 0.717) is 13.0 Å². The molecule has 4 nitrogen and oxygen atoms in total. The van der Waals surface area contributed by atoms with Crippen LogP contribution >= 0.6 is 0 Å². The first-order valence-corrected chi connectivity index (χ1v) is 5.93. The third-order valence-electron chi connectivity index (χ3n) is 2.48. The van der Waals surface area contributed by atoms with Crippen molar-refractivity contribution < 1.29 is 19.1 Å². The molecule has 0 N–H and O–H groups in total. The van der Waals surface area contributed by atoms with Crippen molar-refractivity contribution in [3.8, 4) is 0 Å². The van der Waals surface area contributed by atoms with Gasteiger partial charge in [-0.05, 0) is 25.2 Å². The summed E-state index contributed by atoms with van der Waals surface area (Å²) in [4.78, 5) is 21.9. The molecule has 0 radical (unpaired) electrons. The van der Waals surface area contributed by atoms with Gasteiger partial charge < -0.3 is 9.47 Å². The molecule has 0 saturated carbocycles. The summed E-state index contributed by atoms with van der Waals surface area (Å²) >= 11 is 0. The summed E-state index contributed by atoms with van der Waals surface area (Å²) in [5.74, 6) is -0.840. The van der Waals surface area contributed by atoms with Crippen LogP contribution in [0.1, 0.15) is 33.6 Å². The van der Waals surface area contributed by atoms with Crippen LogP contribution < -0.4 is 0 Å². The molecular weight excluding hydrogens is 232 g/mol. The summed E-state index contributed by atoms with van der Waals surface area (Å²) in [5.41, 5.74) is -0.159. The highest BCUT2D eigenvalue weighted by Crippen LogP contribution is 2.24. The lowest BCUT2D eigenvalue weighted by molar-refractivity contribution is -0.143. The maximum atomic E-state index is 11.0. The quantitative estimate of drug-likeness (QED) is 0.493. The van der Waals surface area contributed by atoms with E-state index in [-0.39, 0.29) is 11.5 Å². The van der Waals surface area contributed by atoms with E-state index in [0.717, 1.165) is 18.6 Å². The van der Waals surface area contributed by atoms with Crippen molar-refractivity contribution >= 4 is 11.9 Å². The highest BCUT2D eigenvalue weighted by atomic mass is 16.5. The van der Waals surface area contributed by atoms with Crippen LogP contribution in [0.4, 0.5) is 0 Å². The normalized spacial score (nSPS) is 12.4. The average Bonchev–Trinajstić information content (AvgIpc) is 2.33. The molecule has 0 bridgehead atoms. The molecule has 0 amide bonds. The standard InChI is InChI=1S/C14H22O4/c1-6-12(15)17-10-14(4,5)9-8-11(3)18-13(16)7-2/h6-7,11H,1-2,8-10H2,3-5H3. The van der Waals surface area contributed by atoms with Gasteiger partial charge in [-0.3, -0.25) is 0 Å². The van der Waals surface area contributed by atoms with Gasteiger partial charge in [0.15, 0.2) is 0 Å². The molecule has 0 aliphatic carbocycles. The Hall–Kier alpha value is -1.58. The summed E-state index contributed by atoms with van der Waals surface area (Å²) < 4.78 is 10.1. The minimum atomic E-state index is -0.422. The average molecular weight is 254 g/mol. The Balaban J connectivity index is 4.01. The van der Waals surface area contributed by atoms with Crippen LogP contribution in [0.25, 0.3) is 0 Å². The molecule has 0 aromatic heterocycles. The van der Waals surface area contributed by atoms with Gasteiger partial charge in [0.05, 0.1) is 12.7 Å². The molecule has 0 saturated heterocycles. The maximum absolute atomic E-state index is 11.0. The van der Waals surface area contributed by atoms with Crippen LogP contribution in [-0.4, -0.2) is 24.6 Å². The Morgan fingerprint density at radius 1 is 1.22 bits per heavy atom. The number of carbonyl (C=O) groups is 2. The van der Waals surface area contributed by atoms with E-state index in [1.807, 2.05) is 20.8 Å². The summed E-state index contributed by atoms with van der Waals surface area (Å²) in [6.07, 6.45) is 3.60. The van der Waals surface area contributed by atoms with E-state index in [1.54, 1.807) is 0 Å². The first kappa shape index (κ1) is 16.4. The van der Waals surface area contributed by atoms with E-state index < -0.39 is 11.9 Å². The molecule has 0 aromatic rings. The van der Waals surface area contributed by atoms with Crippen molar-refractivity contribution in [2.24, 2.45) is 5.41 Å². The molecule has 18 heavy (non-hydrogen) atoms. The summed E-state index contributed by atoms with van der Waals surface area (Å²) in [7, 11) is 0. The molecule has 0 rings (SSSR count). The fourth-order valence-electron chi connectivity index (χ4n) is 1.30. The lowest BCUT2D eigenvalue weighted by atomic mass is 9.88. The van der Waals surface area contributed by atoms with Crippen LogP contribution in [0.5, 0.6) is 0 Å². The molecule has 0 aliphatic rings. The van der Waals surface area contributed by atoms with E-state index in [2.05, 4.69) is 13.2 Å². The number of ether oxygens (including phenoxy) is 2. The molecule has 1 unspecified atom stereocenters. The molecule has 0 aromatic carbocycles. The van der Waals surface area contributed by atoms with Crippen LogP contribution in [0.3, 0.4) is 0 Å². The van der Waals surface area contributed by atoms with Gasteiger partial charge in [0.2, 0.25) is 0 Å². The van der Waals surface area contributed by atoms with Crippen LogP contribution in [-0.2, 0) is 19.1 Å². The van der Waals surface area contributed by atoms with Gasteiger partial charge in [-0.2, -0.15) is 0 Å². The lowest BCUT2D eigenvalue weighted by Crippen LogP contribution is -2.24. The Morgan fingerprint density at radius 3 is 2.28 bits per heavy atom. The second-order valence-electron chi connectivity index (χ2n) is 4.97. The van der Waals surface area contributed by atoms with Gasteiger partial charge in [-0.1, -0.05) is 27.0 Å². The van der Waals surface area contributed by atoms with Gasteiger partial charge in [0.25, 0.3) is 0 Å². The monoisotopic (exact) mass is 254 g/mol. The van der Waals surface area contributed by atoms with Gasteiger partial charge in [0, 0.05) is 12.2 Å². The van der Waals surface area contributed by atoms with E-state index in [4.69, 9.17) is 9.47 Å². The van der Waals surface area contributed by atoms with Crippen LogP contribution in [0.15, 0.2) is 25.3 Å². The summed E-state index contributed by atoms with van der Waals surface area (Å²) in [5, 5.41) is 0. The zero-order valence-electron chi connectivity index (χ0n) is 11.4. The van der Waals surface area contributed by atoms with Crippen molar-refractivity contribution in [1.82, 2.24) is 0 Å². The second-order valence-corrected chi connectivity index (χ2v) is 4.97. The number of esters is 2. The highest BCUT2D eigenvalue weighted by Gasteiger charge is 2.21. The van der Waals surface area contributed by atoms with E-state index >= 15 is 0 Å². The SMILES string of the molecule is C=CC(=O)OCC(C)(C)CCC(C)OC(=O)C=C. The fourth-order valence-corrected chi connectivity index (χ4v) is 1.30. The molecule has 0 aliphatic heterocycles. The number of hydrogen-bond donors (Lipinski definition) is 0. The Kier molecular flexibility index (Phi) is 7.01. The lowest BCUT2D eigenvalue weighted by Gasteiger charge is -2.25. The van der Waals surface area contributed by atoms with Crippen molar-refractivity contribution in [3.63, 3.8) is 0 Å². The molecular formula is C14H22O4. The van der Waals surface area contributed by atoms with Gasteiger partial charge >= 0.3 is 11.9 Å².